The first-order valence-corrected chi connectivity index (χ1v) is 11.7. The molecule has 1 N–H and O–H groups in total. The molecule has 0 fully saturated rings. The highest BCUT2D eigenvalue weighted by Crippen LogP contribution is 2.37. The van der Waals surface area contributed by atoms with Gasteiger partial charge in [-0.25, -0.2) is 0 Å². The van der Waals surface area contributed by atoms with E-state index in [1.165, 1.54) is 0 Å². The van der Waals surface area contributed by atoms with E-state index in [0.29, 0.717) is 0 Å². The van der Waals surface area contributed by atoms with Gasteiger partial charge in [-0.15, -0.1) is 0 Å². The fraction of sp³-hybridized carbons (Fsp3) is 0.435. The Kier molecular flexibility index (Phi) is 7.58. The summed E-state index contributed by atoms with van der Waals surface area (Å²) in [7, 11) is -2.78. The van der Waals surface area contributed by atoms with Crippen molar-refractivity contribution < 1.29 is 19.1 Å². The topological polar surface area (TPSA) is 55.8 Å². The van der Waals surface area contributed by atoms with Crippen LogP contribution in [0.5, 0.6) is 0 Å². The van der Waals surface area contributed by atoms with Gasteiger partial charge in [-0.3, -0.25) is 4.79 Å². The van der Waals surface area contributed by atoms with Crippen LogP contribution in [0.15, 0.2) is 60.7 Å². The smallest absolute Gasteiger partial charge is 0.308 e. The number of ether oxygens (including phenoxy) is 1. The number of benzene rings is 2. The minimum absolute atomic E-state index is 0.0397. The van der Waals surface area contributed by atoms with Crippen molar-refractivity contribution in [3.63, 3.8) is 0 Å². The highest BCUT2D eigenvalue weighted by atomic mass is 28.4. The predicted molar refractivity (Wildman–Crippen MR) is 115 cm³/mol. The maximum Gasteiger partial charge on any atom is 0.308 e. The van der Waals surface area contributed by atoms with E-state index in [2.05, 4.69) is 45.0 Å². The number of hydrogen-bond acceptors (Lipinski definition) is 4. The molecule has 0 aromatic heterocycles. The molecule has 0 aliphatic heterocycles. The Morgan fingerprint density at radius 2 is 1.43 bits per heavy atom. The second-order valence-corrected chi connectivity index (χ2v) is 12.6. The third kappa shape index (κ3) is 4.90. The molecule has 2 aromatic carbocycles. The SMILES string of the molecule is CC(C)C(=O)OC[C@@H](CO)O[Si](c1ccccc1)(c1ccccc1)C(C)(C)C. The highest BCUT2D eigenvalue weighted by molar-refractivity contribution is 6.99. The van der Waals surface area contributed by atoms with Crippen molar-refractivity contribution in [3.8, 4) is 0 Å². The quantitative estimate of drug-likeness (QED) is 0.546. The number of carbonyl (C=O) groups is 1. The standard InChI is InChI=1S/C23H32O4Si/c1-18(2)22(25)26-17-19(16-24)27-28(23(3,4)5,20-12-8-6-9-13-20)21-14-10-7-11-15-21/h6-15,18-19,24H,16-17H2,1-5H3/t19-/m1/s1. The minimum Gasteiger partial charge on any atom is -0.463 e. The number of esters is 1. The zero-order chi connectivity index (χ0) is 20.8. The molecule has 0 unspecified atom stereocenters. The van der Waals surface area contributed by atoms with Crippen LogP contribution in [0.2, 0.25) is 5.04 Å². The Hall–Kier alpha value is -1.95. The first-order chi connectivity index (χ1) is 13.2. The minimum atomic E-state index is -2.78. The fourth-order valence-electron chi connectivity index (χ4n) is 3.41. The summed E-state index contributed by atoms with van der Waals surface area (Å²) in [4.78, 5) is 11.9. The first kappa shape index (κ1) is 22.3. The van der Waals surface area contributed by atoms with Crippen LogP contribution in [0.3, 0.4) is 0 Å². The molecular formula is C23H32O4Si. The summed E-state index contributed by atoms with van der Waals surface area (Å²) in [5.74, 6) is -0.503. The molecule has 0 saturated heterocycles. The lowest BCUT2D eigenvalue weighted by Crippen LogP contribution is -2.68. The molecule has 0 heterocycles. The van der Waals surface area contributed by atoms with Crippen molar-refractivity contribution in [2.45, 2.75) is 45.8 Å². The summed E-state index contributed by atoms with van der Waals surface area (Å²) in [5.41, 5.74) is 0. The molecule has 0 radical (unpaired) electrons. The lowest BCUT2D eigenvalue weighted by molar-refractivity contribution is -0.150. The molecule has 1 atom stereocenters. The maximum absolute atomic E-state index is 11.9. The van der Waals surface area contributed by atoms with Gasteiger partial charge in [0.1, 0.15) is 12.7 Å². The van der Waals surface area contributed by atoms with Gasteiger partial charge in [0.25, 0.3) is 8.32 Å². The zero-order valence-corrected chi connectivity index (χ0v) is 18.5. The summed E-state index contributed by atoms with van der Waals surface area (Å²) in [5, 5.41) is 12.1. The van der Waals surface area contributed by atoms with Gasteiger partial charge >= 0.3 is 5.97 Å². The molecule has 0 amide bonds. The highest BCUT2D eigenvalue weighted by Gasteiger charge is 2.51. The molecule has 0 saturated carbocycles. The number of aliphatic hydroxyl groups is 1. The molecule has 5 heteroatoms. The lowest BCUT2D eigenvalue weighted by atomic mass is 10.2. The molecule has 0 aliphatic rings. The van der Waals surface area contributed by atoms with Crippen LogP contribution in [0.4, 0.5) is 0 Å². The Morgan fingerprint density at radius 1 is 0.964 bits per heavy atom. The second kappa shape index (κ2) is 9.50. The molecule has 0 aliphatic carbocycles. The van der Waals surface area contributed by atoms with Crippen molar-refractivity contribution in [2.75, 3.05) is 13.2 Å². The normalized spacial score (nSPS) is 13.4. The van der Waals surface area contributed by atoms with Crippen molar-refractivity contribution in [1.82, 2.24) is 0 Å². The molecular weight excluding hydrogens is 368 g/mol. The van der Waals surface area contributed by atoms with Gasteiger partial charge in [0, 0.05) is 0 Å². The van der Waals surface area contributed by atoms with Crippen LogP contribution >= 0.6 is 0 Å². The van der Waals surface area contributed by atoms with E-state index in [1.807, 2.05) is 36.4 Å². The van der Waals surface area contributed by atoms with Gasteiger partial charge in [-0.2, -0.15) is 0 Å². The number of carbonyl (C=O) groups excluding carboxylic acids is 1. The van der Waals surface area contributed by atoms with Gasteiger partial charge in [0.15, 0.2) is 0 Å². The van der Waals surface area contributed by atoms with E-state index in [9.17, 15) is 9.90 Å². The first-order valence-electron chi connectivity index (χ1n) is 9.78. The van der Waals surface area contributed by atoms with E-state index in [1.54, 1.807) is 13.8 Å². The summed E-state index contributed by atoms with van der Waals surface area (Å²) < 4.78 is 12.2. The van der Waals surface area contributed by atoms with Gasteiger partial charge in [0.2, 0.25) is 0 Å². The van der Waals surface area contributed by atoms with Crippen LogP contribution < -0.4 is 10.4 Å². The van der Waals surface area contributed by atoms with E-state index in [0.717, 1.165) is 10.4 Å². The fourth-order valence-corrected chi connectivity index (χ4v) is 8.06. The molecule has 2 aromatic rings. The van der Waals surface area contributed by atoms with Crippen LogP contribution in [-0.4, -0.2) is 38.7 Å². The molecule has 0 bridgehead atoms. The van der Waals surface area contributed by atoms with E-state index in [4.69, 9.17) is 9.16 Å². The molecule has 28 heavy (non-hydrogen) atoms. The Labute approximate surface area is 169 Å². The largest absolute Gasteiger partial charge is 0.463 e. The lowest BCUT2D eigenvalue weighted by Gasteiger charge is -2.44. The van der Waals surface area contributed by atoms with Crippen LogP contribution in [0.25, 0.3) is 0 Å². The van der Waals surface area contributed by atoms with E-state index >= 15 is 0 Å². The summed E-state index contributed by atoms with van der Waals surface area (Å²) >= 11 is 0. The predicted octanol–water partition coefficient (Wildman–Crippen LogP) is 3.12. The Morgan fingerprint density at radius 3 is 1.79 bits per heavy atom. The summed E-state index contributed by atoms with van der Waals surface area (Å²) in [6.45, 7) is 9.93. The average molecular weight is 401 g/mol. The van der Waals surface area contributed by atoms with Gasteiger partial charge < -0.3 is 14.3 Å². The van der Waals surface area contributed by atoms with Crippen LogP contribution in [0, 0.1) is 5.92 Å². The number of aliphatic hydroxyl groups excluding tert-OH is 1. The molecule has 4 nitrogen and oxygen atoms in total. The Balaban J connectivity index is 2.50. The third-order valence-corrected chi connectivity index (χ3v) is 9.94. The van der Waals surface area contributed by atoms with Crippen LogP contribution in [0.1, 0.15) is 34.6 Å². The Bertz CT molecular complexity index is 699. The van der Waals surface area contributed by atoms with Gasteiger partial charge in [0.05, 0.1) is 12.5 Å². The van der Waals surface area contributed by atoms with Crippen LogP contribution in [-0.2, 0) is 14.0 Å². The summed E-state index contributed by atoms with van der Waals surface area (Å²) in [6.07, 6.45) is -0.589. The van der Waals surface area contributed by atoms with Crippen molar-refractivity contribution >= 4 is 24.7 Å². The van der Waals surface area contributed by atoms with Crippen molar-refractivity contribution in [1.29, 1.82) is 0 Å². The van der Waals surface area contributed by atoms with Gasteiger partial charge in [-0.1, -0.05) is 95.3 Å². The van der Waals surface area contributed by atoms with Crippen molar-refractivity contribution in [2.24, 2.45) is 5.92 Å². The zero-order valence-electron chi connectivity index (χ0n) is 17.5. The molecule has 0 spiro atoms. The van der Waals surface area contributed by atoms with Crippen molar-refractivity contribution in [3.05, 3.63) is 60.7 Å². The average Bonchev–Trinajstić information content (AvgIpc) is 2.68. The monoisotopic (exact) mass is 400 g/mol. The second-order valence-electron chi connectivity index (χ2n) is 8.37. The van der Waals surface area contributed by atoms with E-state index < -0.39 is 14.4 Å². The number of rotatable bonds is 8. The van der Waals surface area contributed by atoms with Gasteiger partial charge in [-0.05, 0) is 15.4 Å². The van der Waals surface area contributed by atoms with E-state index in [-0.39, 0.29) is 30.1 Å². The molecule has 2 rings (SSSR count). The maximum atomic E-state index is 11.9. The third-order valence-electron chi connectivity index (χ3n) is 4.85. The number of hydrogen-bond donors (Lipinski definition) is 1. The summed E-state index contributed by atoms with van der Waals surface area (Å²) in [6, 6.07) is 20.4. The molecule has 152 valence electrons.